The number of amides is 2. The van der Waals surface area contributed by atoms with Gasteiger partial charge >= 0.3 is 0 Å². The molecule has 0 aromatic heterocycles. The predicted molar refractivity (Wildman–Crippen MR) is 78.8 cm³/mol. The van der Waals surface area contributed by atoms with Crippen LogP contribution in [0.2, 0.25) is 5.02 Å². The maximum Gasteiger partial charge on any atom is 0.251 e. The number of hydrogen-bond acceptors (Lipinski definition) is 2. The number of likely N-dealkylation sites (tertiary alicyclic amines) is 1. The number of nitrogens with zero attached hydrogens (tertiary/aromatic N) is 1. The van der Waals surface area contributed by atoms with E-state index in [1.54, 1.807) is 24.3 Å². The molecule has 5 heteroatoms. The minimum Gasteiger partial charge on any atom is -0.343 e. The van der Waals surface area contributed by atoms with E-state index in [0.717, 1.165) is 25.9 Å². The fourth-order valence-corrected chi connectivity index (χ4v) is 2.45. The average molecular weight is 295 g/mol. The Kier molecular flexibility index (Phi) is 5.01. The first-order valence-corrected chi connectivity index (χ1v) is 7.25. The maximum atomic E-state index is 12.0. The van der Waals surface area contributed by atoms with Crippen molar-refractivity contribution in [3.8, 4) is 0 Å². The molecule has 2 rings (SSSR count). The number of hydrogen-bond donors (Lipinski definition) is 1. The molecule has 0 radical (unpaired) electrons. The highest BCUT2D eigenvalue weighted by Gasteiger charge is 2.20. The zero-order chi connectivity index (χ0) is 14.5. The molecule has 1 aromatic rings. The Morgan fingerprint density at radius 1 is 1.35 bits per heavy atom. The predicted octanol–water partition coefficient (Wildman–Crippen LogP) is 2.33. The first-order valence-electron chi connectivity index (χ1n) is 6.88. The van der Waals surface area contributed by atoms with Crippen molar-refractivity contribution >= 4 is 23.4 Å². The summed E-state index contributed by atoms with van der Waals surface area (Å²) in [6.45, 7) is 3.81. The molecule has 0 aliphatic carbocycles. The van der Waals surface area contributed by atoms with Crippen molar-refractivity contribution < 1.29 is 9.59 Å². The number of carbonyl (C=O) groups is 2. The molecule has 1 fully saturated rings. The average Bonchev–Trinajstić information content (AvgIpc) is 2.45. The molecule has 0 atom stereocenters. The van der Waals surface area contributed by atoms with Gasteiger partial charge in [-0.1, -0.05) is 24.6 Å². The zero-order valence-corrected chi connectivity index (χ0v) is 12.3. The topological polar surface area (TPSA) is 49.4 Å². The van der Waals surface area contributed by atoms with Gasteiger partial charge in [0, 0.05) is 23.7 Å². The van der Waals surface area contributed by atoms with E-state index in [-0.39, 0.29) is 18.4 Å². The minimum atomic E-state index is -0.272. The molecule has 0 spiro atoms. The standard InChI is InChI=1S/C15H19ClN2O2/c1-11-5-7-18(8-6-11)14(19)10-17-15(20)12-3-2-4-13(16)9-12/h2-4,9,11H,5-8,10H2,1H3,(H,17,20). The SMILES string of the molecule is CC1CCN(C(=O)CNC(=O)c2cccc(Cl)c2)CC1. The maximum absolute atomic E-state index is 12.0. The molecule has 108 valence electrons. The van der Waals surface area contributed by atoms with Crippen molar-refractivity contribution in [1.29, 1.82) is 0 Å². The summed E-state index contributed by atoms with van der Waals surface area (Å²) in [5.41, 5.74) is 0.470. The summed E-state index contributed by atoms with van der Waals surface area (Å²) in [6.07, 6.45) is 2.07. The van der Waals surface area contributed by atoms with E-state index >= 15 is 0 Å². The Bertz CT molecular complexity index is 496. The molecule has 1 saturated heterocycles. The molecule has 20 heavy (non-hydrogen) atoms. The lowest BCUT2D eigenvalue weighted by Crippen LogP contribution is -2.43. The van der Waals surface area contributed by atoms with Crippen molar-refractivity contribution in [1.82, 2.24) is 10.2 Å². The van der Waals surface area contributed by atoms with Gasteiger partial charge in [-0.25, -0.2) is 0 Å². The van der Waals surface area contributed by atoms with Gasteiger partial charge in [-0.2, -0.15) is 0 Å². The van der Waals surface area contributed by atoms with Crippen LogP contribution in [0.4, 0.5) is 0 Å². The van der Waals surface area contributed by atoms with Crippen LogP contribution in [0, 0.1) is 5.92 Å². The van der Waals surface area contributed by atoms with Gasteiger partial charge in [0.25, 0.3) is 5.91 Å². The summed E-state index contributed by atoms with van der Waals surface area (Å²) >= 11 is 5.83. The molecule has 4 nitrogen and oxygen atoms in total. The Labute approximate surface area is 124 Å². The second-order valence-electron chi connectivity index (χ2n) is 5.26. The van der Waals surface area contributed by atoms with Crippen LogP contribution in [0.15, 0.2) is 24.3 Å². The molecule has 1 aliphatic rings. The summed E-state index contributed by atoms with van der Waals surface area (Å²) in [4.78, 5) is 25.7. The van der Waals surface area contributed by atoms with E-state index in [1.807, 2.05) is 4.90 Å². The van der Waals surface area contributed by atoms with Crippen molar-refractivity contribution in [2.24, 2.45) is 5.92 Å². The third-order valence-electron chi connectivity index (χ3n) is 3.62. The smallest absolute Gasteiger partial charge is 0.251 e. The van der Waals surface area contributed by atoms with Crippen LogP contribution in [-0.2, 0) is 4.79 Å². The molecule has 1 aliphatic heterocycles. The van der Waals surface area contributed by atoms with Crippen molar-refractivity contribution in [3.05, 3.63) is 34.9 Å². The van der Waals surface area contributed by atoms with E-state index in [4.69, 9.17) is 11.6 Å². The van der Waals surface area contributed by atoms with Crippen molar-refractivity contribution in [2.45, 2.75) is 19.8 Å². The quantitative estimate of drug-likeness (QED) is 0.930. The van der Waals surface area contributed by atoms with Gasteiger partial charge < -0.3 is 10.2 Å². The molecule has 0 bridgehead atoms. The fraction of sp³-hybridized carbons (Fsp3) is 0.467. The van der Waals surface area contributed by atoms with E-state index in [2.05, 4.69) is 12.2 Å². The molecule has 0 saturated carbocycles. The molecular weight excluding hydrogens is 276 g/mol. The van der Waals surface area contributed by atoms with E-state index in [0.29, 0.717) is 16.5 Å². The normalized spacial score (nSPS) is 16.0. The van der Waals surface area contributed by atoms with Crippen molar-refractivity contribution in [2.75, 3.05) is 19.6 Å². The zero-order valence-electron chi connectivity index (χ0n) is 11.6. The lowest BCUT2D eigenvalue weighted by atomic mass is 9.99. The van der Waals surface area contributed by atoms with Crippen LogP contribution in [0.1, 0.15) is 30.1 Å². The van der Waals surface area contributed by atoms with Gasteiger partial charge in [-0.15, -0.1) is 0 Å². The first kappa shape index (κ1) is 14.9. The summed E-state index contributed by atoms with van der Waals surface area (Å²) in [6, 6.07) is 6.68. The van der Waals surface area contributed by atoms with Gasteiger partial charge in [0.15, 0.2) is 0 Å². The molecule has 1 aromatic carbocycles. The third-order valence-corrected chi connectivity index (χ3v) is 3.86. The highest BCUT2D eigenvalue weighted by molar-refractivity contribution is 6.30. The van der Waals surface area contributed by atoms with E-state index in [9.17, 15) is 9.59 Å². The van der Waals surface area contributed by atoms with Crippen LogP contribution in [0.3, 0.4) is 0 Å². The Morgan fingerprint density at radius 2 is 2.05 bits per heavy atom. The monoisotopic (exact) mass is 294 g/mol. The highest BCUT2D eigenvalue weighted by Crippen LogP contribution is 2.15. The van der Waals surface area contributed by atoms with Crippen LogP contribution < -0.4 is 5.32 Å². The van der Waals surface area contributed by atoms with Crippen LogP contribution >= 0.6 is 11.6 Å². The van der Waals surface area contributed by atoms with E-state index in [1.165, 1.54) is 0 Å². The van der Waals surface area contributed by atoms with Gasteiger partial charge in [0.1, 0.15) is 0 Å². The second-order valence-corrected chi connectivity index (χ2v) is 5.69. The minimum absolute atomic E-state index is 0.0210. The number of rotatable bonds is 3. The summed E-state index contributed by atoms with van der Waals surface area (Å²) in [7, 11) is 0. The Balaban J connectivity index is 1.82. The third kappa shape index (κ3) is 3.97. The summed E-state index contributed by atoms with van der Waals surface area (Å²) in [5.74, 6) is 0.388. The lowest BCUT2D eigenvalue weighted by molar-refractivity contribution is -0.131. The van der Waals surface area contributed by atoms with Crippen molar-refractivity contribution in [3.63, 3.8) is 0 Å². The summed E-state index contributed by atoms with van der Waals surface area (Å²) in [5, 5.41) is 3.15. The van der Waals surface area contributed by atoms with Gasteiger partial charge in [-0.3, -0.25) is 9.59 Å². The van der Waals surface area contributed by atoms with Gasteiger partial charge in [0.2, 0.25) is 5.91 Å². The van der Waals surface area contributed by atoms with E-state index < -0.39 is 0 Å². The fourth-order valence-electron chi connectivity index (χ4n) is 2.26. The molecule has 2 amide bonds. The Morgan fingerprint density at radius 3 is 2.70 bits per heavy atom. The summed E-state index contributed by atoms with van der Waals surface area (Å²) < 4.78 is 0. The number of halogens is 1. The molecule has 1 N–H and O–H groups in total. The van der Waals surface area contributed by atoms with Gasteiger partial charge in [0.05, 0.1) is 6.54 Å². The van der Waals surface area contributed by atoms with Gasteiger partial charge in [-0.05, 0) is 37.0 Å². The number of carbonyl (C=O) groups excluding carboxylic acids is 2. The molecule has 1 heterocycles. The largest absolute Gasteiger partial charge is 0.343 e. The second kappa shape index (κ2) is 6.75. The number of benzene rings is 1. The lowest BCUT2D eigenvalue weighted by Gasteiger charge is -2.30. The highest BCUT2D eigenvalue weighted by atomic mass is 35.5. The van der Waals surface area contributed by atoms with Crippen LogP contribution in [0.5, 0.6) is 0 Å². The number of piperidine rings is 1. The van der Waals surface area contributed by atoms with Crippen LogP contribution in [0.25, 0.3) is 0 Å². The molecule has 0 unspecified atom stereocenters. The molecular formula is C15H19ClN2O2. The first-order chi connectivity index (χ1) is 9.56. The number of nitrogens with one attached hydrogen (secondary N) is 1. The van der Waals surface area contributed by atoms with Crippen LogP contribution in [-0.4, -0.2) is 36.3 Å². The Hall–Kier alpha value is -1.55.